The monoisotopic (exact) mass is 163 g/mol. The van der Waals surface area contributed by atoms with Crippen molar-refractivity contribution in [3.8, 4) is 0 Å². The Labute approximate surface area is 72.6 Å². The summed E-state index contributed by atoms with van der Waals surface area (Å²) in [7, 11) is 1.70. The highest BCUT2D eigenvalue weighted by molar-refractivity contribution is 5.84. The number of aliphatic imine (C=N–C) groups is 1. The van der Waals surface area contributed by atoms with E-state index < -0.39 is 0 Å². The van der Waals surface area contributed by atoms with E-state index in [-0.39, 0.29) is 0 Å². The van der Waals surface area contributed by atoms with E-state index in [1.807, 2.05) is 6.08 Å². The predicted molar refractivity (Wildman–Crippen MR) is 49.2 cm³/mol. The minimum Gasteiger partial charge on any atom is -0.497 e. The zero-order valence-corrected chi connectivity index (χ0v) is 7.45. The largest absolute Gasteiger partial charge is 0.497 e. The molecule has 1 aliphatic carbocycles. The third-order valence-electron chi connectivity index (χ3n) is 2.42. The Morgan fingerprint density at radius 1 is 1.58 bits per heavy atom. The standard InChI is InChI=1S/C10H13NO/c1-7-5-8-3-4-9(12-2)6-10(8)11-7/h3-4,6,8,10H,5H2,1-2H3/t8-,10+/m0/s1. The number of nitrogens with zero attached hydrogens (tertiary/aromatic N) is 1. The first-order valence-corrected chi connectivity index (χ1v) is 4.27. The van der Waals surface area contributed by atoms with Crippen LogP contribution in [0.15, 0.2) is 29.0 Å². The lowest BCUT2D eigenvalue weighted by molar-refractivity contribution is 0.300. The maximum Gasteiger partial charge on any atom is 0.116 e. The van der Waals surface area contributed by atoms with Crippen molar-refractivity contribution in [1.82, 2.24) is 0 Å². The fraction of sp³-hybridized carbons (Fsp3) is 0.500. The molecular formula is C10H13NO. The first-order chi connectivity index (χ1) is 5.79. The molecule has 0 spiro atoms. The molecule has 0 bridgehead atoms. The van der Waals surface area contributed by atoms with Gasteiger partial charge in [0.2, 0.25) is 0 Å². The number of hydrogen-bond donors (Lipinski definition) is 0. The van der Waals surface area contributed by atoms with Crippen LogP contribution in [0, 0.1) is 5.92 Å². The van der Waals surface area contributed by atoms with Gasteiger partial charge >= 0.3 is 0 Å². The fourth-order valence-electron chi connectivity index (χ4n) is 1.79. The van der Waals surface area contributed by atoms with Crippen LogP contribution < -0.4 is 0 Å². The molecule has 2 aliphatic rings. The van der Waals surface area contributed by atoms with Crippen LogP contribution in [0.25, 0.3) is 0 Å². The molecule has 2 rings (SSSR count). The van der Waals surface area contributed by atoms with Crippen molar-refractivity contribution in [2.75, 3.05) is 7.11 Å². The SMILES string of the molecule is COC1=C[C@H]2N=C(C)C[C@@H]2C=C1. The van der Waals surface area contributed by atoms with Gasteiger partial charge in [-0.2, -0.15) is 0 Å². The van der Waals surface area contributed by atoms with E-state index in [1.165, 1.54) is 5.71 Å². The fourth-order valence-corrected chi connectivity index (χ4v) is 1.79. The average Bonchev–Trinajstić information content (AvgIpc) is 2.43. The summed E-state index contributed by atoms with van der Waals surface area (Å²) in [5, 5.41) is 0. The normalized spacial score (nSPS) is 32.5. The summed E-state index contributed by atoms with van der Waals surface area (Å²) in [5.74, 6) is 1.53. The summed E-state index contributed by atoms with van der Waals surface area (Å²) >= 11 is 0. The summed E-state index contributed by atoms with van der Waals surface area (Å²) < 4.78 is 5.14. The van der Waals surface area contributed by atoms with Crippen molar-refractivity contribution >= 4 is 5.71 Å². The van der Waals surface area contributed by atoms with E-state index in [4.69, 9.17) is 4.74 Å². The van der Waals surface area contributed by atoms with Crippen molar-refractivity contribution < 1.29 is 4.74 Å². The molecule has 1 heterocycles. The number of rotatable bonds is 1. The third-order valence-corrected chi connectivity index (χ3v) is 2.42. The van der Waals surface area contributed by atoms with Gasteiger partial charge < -0.3 is 4.74 Å². The van der Waals surface area contributed by atoms with Crippen LogP contribution in [0.3, 0.4) is 0 Å². The van der Waals surface area contributed by atoms with Gasteiger partial charge in [-0.25, -0.2) is 0 Å². The Kier molecular flexibility index (Phi) is 1.75. The van der Waals surface area contributed by atoms with Gasteiger partial charge in [0.05, 0.1) is 13.2 Å². The highest BCUT2D eigenvalue weighted by Gasteiger charge is 2.26. The lowest BCUT2D eigenvalue weighted by Crippen LogP contribution is -2.13. The van der Waals surface area contributed by atoms with E-state index >= 15 is 0 Å². The van der Waals surface area contributed by atoms with Crippen molar-refractivity contribution in [2.45, 2.75) is 19.4 Å². The topological polar surface area (TPSA) is 21.6 Å². The predicted octanol–water partition coefficient (Wildman–Crippen LogP) is 1.94. The second-order valence-corrected chi connectivity index (χ2v) is 3.36. The summed E-state index contributed by atoms with van der Waals surface area (Å²) in [6, 6.07) is 0.338. The van der Waals surface area contributed by atoms with E-state index in [1.54, 1.807) is 7.11 Å². The zero-order valence-electron chi connectivity index (χ0n) is 7.45. The molecule has 0 unspecified atom stereocenters. The molecule has 2 heteroatoms. The van der Waals surface area contributed by atoms with Gasteiger partial charge in [0.1, 0.15) is 5.76 Å². The van der Waals surface area contributed by atoms with Crippen molar-refractivity contribution in [3.63, 3.8) is 0 Å². The highest BCUT2D eigenvalue weighted by Crippen LogP contribution is 2.28. The molecule has 0 aromatic carbocycles. The second-order valence-electron chi connectivity index (χ2n) is 3.36. The van der Waals surface area contributed by atoms with E-state index in [0.29, 0.717) is 12.0 Å². The smallest absolute Gasteiger partial charge is 0.116 e. The van der Waals surface area contributed by atoms with E-state index in [2.05, 4.69) is 24.1 Å². The maximum absolute atomic E-state index is 5.14. The van der Waals surface area contributed by atoms with E-state index in [0.717, 1.165) is 12.2 Å². The van der Waals surface area contributed by atoms with Crippen LogP contribution in [0.1, 0.15) is 13.3 Å². The highest BCUT2D eigenvalue weighted by atomic mass is 16.5. The molecule has 0 saturated heterocycles. The van der Waals surface area contributed by atoms with Crippen molar-refractivity contribution in [2.24, 2.45) is 10.9 Å². The van der Waals surface area contributed by atoms with Crippen LogP contribution in [-0.4, -0.2) is 18.9 Å². The lowest BCUT2D eigenvalue weighted by atomic mass is 9.94. The summed E-state index contributed by atoms with van der Waals surface area (Å²) in [6.07, 6.45) is 7.44. The van der Waals surface area contributed by atoms with Crippen LogP contribution >= 0.6 is 0 Å². The molecule has 0 N–H and O–H groups in total. The molecule has 0 aromatic rings. The van der Waals surface area contributed by atoms with Crippen LogP contribution in [0.2, 0.25) is 0 Å². The molecule has 0 amide bonds. The van der Waals surface area contributed by atoms with Gasteiger partial charge in [-0.1, -0.05) is 6.08 Å². The molecule has 0 fully saturated rings. The zero-order chi connectivity index (χ0) is 8.55. The molecule has 2 nitrogen and oxygen atoms in total. The average molecular weight is 163 g/mol. The Bertz CT molecular complexity index is 276. The van der Waals surface area contributed by atoms with Crippen LogP contribution in [0.4, 0.5) is 0 Å². The van der Waals surface area contributed by atoms with Gasteiger partial charge in [-0.05, 0) is 25.5 Å². The number of fused-ring (bicyclic) bond motifs is 1. The van der Waals surface area contributed by atoms with Crippen molar-refractivity contribution in [3.05, 3.63) is 24.0 Å². The molecule has 12 heavy (non-hydrogen) atoms. The number of allylic oxidation sites excluding steroid dienone is 1. The minimum atomic E-state index is 0.338. The first-order valence-electron chi connectivity index (χ1n) is 4.27. The number of ether oxygens (including phenoxy) is 1. The first kappa shape index (κ1) is 7.59. The van der Waals surface area contributed by atoms with Gasteiger partial charge in [-0.15, -0.1) is 0 Å². The minimum absolute atomic E-state index is 0.338. The van der Waals surface area contributed by atoms with E-state index in [9.17, 15) is 0 Å². The van der Waals surface area contributed by atoms with Gasteiger partial charge in [0, 0.05) is 11.6 Å². The third kappa shape index (κ3) is 1.17. The number of hydrogen-bond acceptors (Lipinski definition) is 2. The van der Waals surface area contributed by atoms with Gasteiger partial charge in [0.15, 0.2) is 0 Å². The molecule has 1 aliphatic heterocycles. The number of methoxy groups -OCH3 is 1. The van der Waals surface area contributed by atoms with Crippen LogP contribution in [0.5, 0.6) is 0 Å². The molecule has 0 aromatic heterocycles. The molecular weight excluding hydrogens is 150 g/mol. The summed E-state index contributed by atoms with van der Waals surface area (Å²) in [5.41, 5.74) is 1.25. The second kappa shape index (κ2) is 2.77. The lowest BCUT2D eigenvalue weighted by Gasteiger charge is -2.15. The Hall–Kier alpha value is -1.05. The molecule has 64 valence electrons. The maximum atomic E-state index is 5.14. The molecule has 0 radical (unpaired) electrons. The molecule has 0 saturated carbocycles. The van der Waals surface area contributed by atoms with Gasteiger partial charge in [-0.3, -0.25) is 4.99 Å². The Morgan fingerprint density at radius 3 is 3.17 bits per heavy atom. The summed E-state index contributed by atoms with van der Waals surface area (Å²) in [4.78, 5) is 4.52. The summed E-state index contributed by atoms with van der Waals surface area (Å²) in [6.45, 7) is 2.09. The Balaban J connectivity index is 2.21. The quantitative estimate of drug-likeness (QED) is 0.579. The van der Waals surface area contributed by atoms with Gasteiger partial charge in [0.25, 0.3) is 0 Å². The molecule has 2 atom stereocenters. The van der Waals surface area contributed by atoms with Crippen molar-refractivity contribution in [1.29, 1.82) is 0 Å². The van der Waals surface area contributed by atoms with Crippen LogP contribution in [-0.2, 0) is 4.74 Å². The Morgan fingerprint density at radius 2 is 2.42 bits per heavy atom.